The van der Waals surface area contributed by atoms with Gasteiger partial charge in [-0.05, 0) is 19.9 Å². The summed E-state index contributed by atoms with van der Waals surface area (Å²) < 4.78 is 76.5. The Morgan fingerprint density at radius 2 is 1.64 bits per heavy atom. The molecule has 1 aliphatic rings. The summed E-state index contributed by atoms with van der Waals surface area (Å²) >= 11 is 0. The van der Waals surface area contributed by atoms with Gasteiger partial charge in [-0.25, -0.2) is 14.6 Å². The van der Waals surface area contributed by atoms with Crippen molar-refractivity contribution in [3.05, 3.63) is 53.1 Å². The van der Waals surface area contributed by atoms with Crippen molar-refractivity contribution in [1.82, 2.24) is 29.8 Å². The summed E-state index contributed by atoms with van der Waals surface area (Å²) in [5.74, 6) is -2.25. The number of nitrogens with zero attached hydrogens (tertiary/aromatic N) is 6. The fourth-order valence-corrected chi connectivity index (χ4v) is 3.03. The number of halogens is 6. The Morgan fingerprint density at radius 1 is 1.03 bits per heavy atom. The van der Waals surface area contributed by atoms with Gasteiger partial charge in [-0.2, -0.15) is 26.3 Å². The molecule has 0 fully saturated rings. The van der Waals surface area contributed by atoms with Crippen LogP contribution in [0.5, 0.6) is 5.88 Å². The summed E-state index contributed by atoms with van der Waals surface area (Å²) in [7, 11) is 0. The van der Waals surface area contributed by atoms with Crippen molar-refractivity contribution in [1.29, 1.82) is 0 Å². The molecule has 0 aliphatic carbocycles. The van der Waals surface area contributed by atoms with Crippen LogP contribution in [0, 0.1) is 13.8 Å². The third-order valence-corrected chi connectivity index (χ3v) is 4.94. The number of alkyl halides is 6. The van der Waals surface area contributed by atoms with Crippen molar-refractivity contribution in [3.63, 3.8) is 0 Å². The van der Waals surface area contributed by atoms with Gasteiger partial charge in [0.05, 0.1) is 12.2 Å². The average Bonchev–Trinajstić information content (AvgIpc) is 3.40. The van der Waals surface area contributed by atoms with E-state index in [0.29, 0.717) is 12.5 Å². The number of aromatic nitrogens is 5. The molecule has 18 heteroatoms. The fourth-order valence-electron chi connectivity index (χ4n) is 3.03. The van der Waals surface area contributed by atoms with E-state index in [0.717, 1.165) is 54.8 Å². The van der Waals surface area contributed by atoms with Crippen LogP contribution in [0.4, 0.5) is 26.3 Å². The highest BCUT2D eigenvalue weighted by atomic mass is 19.4. The second-order valence-corrected chi connectivity index (χ2v) is 7.76. The van der Waals surface area contributed by atoms with Crippen LogP contribution in [0.25, 0.3) is 0 Å². The number of hydrogen-bond donors (Lipinski definition) is 2. The van der Waals surface area contributed by atoms with Gasteiger partial charge < -0.3 is 24.0 Å². The third kappa shape index (κ3) is 9.55. The van der Waals surface area contributed by atoms with Gasteiger partial charge in [0, 0.05) is 37.5 Å². The van der Waals surface area contributed by atoms with Crippen molar-refractivity contribution in [2.24, 2.45) is 0 Å². The minimum atomic E-state index is -5.08. The van der Waals surface area contributed by atoms with Crippen LogP contribution in [-0.4, -0.2) is 70.9 Å². The molecule has 3 aromatic heterocycles. The van der Waals surface area contributed by atoms with E-state index in [1.165, 1.54) is 0 Å². The van der Waals surface area contributed by atoms with Crippen LogP contribution in [0.15, 0.2) is 28.9 Å². The maximum atomic E-state index is 10.6. The Morgan fingerprint density at radius 3 is 2.13 bits per heavy atom. The maximum Gasteiger partial charge on any atom is 0.490 e. The van der Waals surface area contributed by atoms with E-state index in [4.69, 9.17) is 29.1 Å². The Kier molecular flexibility index (Phi) is 10.4. The molecule has 3 aromatic rings. The molecular formula is C21H22F6N6O6. The van der Waals surface area contributed by atoms with Crippen molar-refractivity contribution < 1.29 is 55.4 Å². The molecular weight excluding hydrogens is 546 g/mol. The lowest BCUT2D eigenvalue weighted by Crippen LogP contribution is -2.34. The predicted molar refractivity (Wildman–Crippen MR) is 116 cm³/mol. The quantitative estimate of drug-likeness (QED) is 0.436. The number of carboxylic acids is 2. The first kappa shape index (κ1) is 31.0. The summed E-state index contributed by atoms with van der Waals surface area (Å²) in [4.78, 5) is 24.3. The maximum absolute atomic E-state index is 10.6. The molecule has 0 unspecified atom stereocenters. The van der Waals surface area contributed by atoms with Crippen LogP contribution in [0.3, 0.4) is 0 Å². The minimum Gasteiger partial charge on any atom is -0.475 e. The first-order chi connectivity index (χ1) is 18.1. The van der Waals surface area contributed by atoms with E-state index in [1.54, 1.807) is 6.20 Å². The minimum absolute atomic E-state index is 0.369. The molecule has 2 N–H and O–H groups in total. The van der Waals surface area contributed by atoms with E-state index < -0.39 is 24.3 Å². The number of aryl methyl sites for hydroxylation is 2. The number of rotatable bonds is 5. The van der Waals surface area contributed by atoms with Gasteiger partial charge in [-0.3, -0.25) is 4.90 Å². The standard InChI is InChI=1S/C17H20N6O2.2C2HF3O2/c1-12-14(13(2)25-21-12)9-22-7-8-23-15(10-22)19-20-16(23)11-24-17-5-3-4-6-18-17;2*3-2(4,5)1(6)7/h3-6H,7-11H2,1-2H3;2*(H,6,7). The zero-order valence-corrected chi connectivity index (χ0v) is 20.3. The highest BCUT2D eigenvalue weighted by Crippen LogP contribution is 2.20. The molecule has 4 rings (SSSR count). The lowest BCUT2D eigenvalue weighted by Gasteiger charge is -2.27. The Labute approximate surface area is 215 Å². The van der Waals surface area contributed by atoms with Crippen LogP contribution in [0.1, 0.15) is 28.7 Å². The Hall–Kier alpha value is -4.22. The summed E-state index contributed by atoms with van der Waals surface area (Å²) in [6, 6.07) is 5.59. The van der Waals surface area contributed by atoms with Gasteiger partial charge in [0.2, 0.25) is 5.88 Å². The van der Waals surface area contributed by atoms with Gasteiger partial charge >= 0.3 is 24.3 Å². The molecule has 1 aliphatic heterocycles. The van der Waals surface area contributed by atoms with Crippen molar-refractivity contribution in [2.45, 2.75) is 52.4 Å². The van der Waals surface area contributed by atoms with Crippen LogP contribution in [-0.2, 0) is 35.8 Å². The zero-order valence-electron chi connectivity index (χ0n) is 20.3. The molecule has 4 heterocycles. The predicted octanol–water partition coefficient (Wildman–Crippen LogP) is 3.14. The van der Waals surface area contributed by atoms with Gasteiger partial charge in [-0.15, -0.1) is 10.2 Å². The van der Waals surface area contributed by atoms with Gasteiger partial charge in [0.25, 0.3) is 0 Å². The molecule has 0 saturated heterocycles. The molecule has 214 valence electrons. The number of hydrogen-bond acceptors (Lipinski definition) is 9. The summed E-state index contributed by atoms with van der Waals surface area (Å²) in [5, 5.41) is 26.9. The molecule has 0 atom stereocenters. The molecule has 0 aromatic carbocycles. The van der Waals surface area contributed by atoms with Gasteiger partial charge in [-0.1, -0.05) is 11.2 Å². The largest absolute Gasteiger partial charge is 0.490 e. The summed E-state index contributed by atoms with van der Waals surface area (Å²) in [6.07, 6.45) is -8.46. The first-order valence-corrected chi connectivity index (χ1v) is 10.8. The van der Waals surface area contributed by atoms with Gasteiger partial charge in [0.1, 0.15) is 18.2 Å². The highest BCUT2D eigenvalue weighted by Gasteiger charge is 2.38. The number of fused-ring (bicyclic) bond motifs is 1. The van der Waals surface area contributed by atoms with E-state index in [2.05, 4.69) is 29.8 Å². The SMILES string of the molecule is Cc1noc(C)c1CN1CCn2c(COc3ccccn3)nnc2C1.O=C(O)C(F)(F)F.O=C(O)C(F)(F)F. The van der Waals surface area contributed by atoms with E-state index in [-0.39, 0.29) is 0 Å². The molecule has 39 heavy (non-hydrogen) atoms. The molecule has 0 amide bonds. The topological polar surface area (TPSA) is 157 Å². The molecule has 0 radical (unpaired) electrons. The normalized spacial score (nSPS) is 13.3. The second-order valence-electron chi connectivity index (χ2n) is 7.76. The molecule has 0 saturated carbocycles. The number of ether oxygens (including phenoxy) is 1. The van der Waals surface area contributed by atoms with Gasteiger partial charge in [0.15, 0.2) is 5.82 Å². The van der Waals surface area contributed by atoms with E-state index in [1.807, 2.05) is 32.0 Å². The fraction of sp³-hybridized carbons (Fsp3) is 0.429. The lowest BCUT2D eigenvalue weighted by molar-refractivity contribution is -0.193. The molecule has 0 bridgehead atoms. The number of carbonyl (C=O) groups is 2. The second kappa shape index (κ2) is 13.0. The number of pyridine rings is 1. The number of carboxylic acid groups (broad SMARTS) is 2. The highest BCUT2D eigenvalue weighted by molar-refractivity contribution is 5.73. The van der Waals surface area contributed by atoms with E-state index >= 15 is 0 Å². The van der Waals surface area contributed by atoms with Crippen molar-refractivity contribution >= 4 is 11.9 Å². The number of aliphatic carboxylic acids is 2. The van der Waals surface area contributed by atoms with Crippen molar-refractivity contribution in [3.8, 4) is 5.88 Å². The first-order valence-electron chi connectivity index (χ1n) is 10.8. The zero-order chi connectivity index (χ0) is 29.4. The monoisotopic (exact) mass is 568 g/mol. The Balaban J connectivity index is 0.000000317. The average molecular weight is 568 g/mol. The van der Waals surface area contributed by atoms with Crippen LogP contribution in [0.2, 0.25) is 0 Å². The summed E-state index contributed by atoms with van der Waals surface area (Å²) in [6.45, 7) is 7.63. The van der Waals surface area contributed by atoms with Crippen molar-refractivity contribution in [2.75, 3.05) is 6.54 Å². The van der Waals surface area contributed by atoms with Crippen LogP contribution >= 0.6 is 0 Å². The molecule has 12 nitrogen and oxygen atoms in total. The van der Waals surface area contributed by atoms with Crippen LogP contribution < -0.4 is 4.74 Å². The summed E-state index contributed by atoms with van der Waals surface area (Å²) in [5.41, 5.74) is 2.11. The smallest absolute Gasteiger partial charge is 0.475 e. The third-order valence-electron chi connectivity index (χ3n) is 4.94. The lowest BCUT2D eigenvalue weighted by atomic mass is 10.2. The van der Waals surface area contributed by atoms with E-state index in [9.17, 15) is 26.3 Å². The molecule has 0 spiro atoms. The Bertz CT molecular complexity index is 1200.